The van der Waals surface area contributed by atoms with Crippen molar-refractivity contribution in [2.45, 2.75) is 19.3 Å². The predicted molar refractivity (Wildman–Crippen MR) is 78.7 cm³/mol. The average Bonchev–Trinajstić information content (AvgIpc) is 2.33. The fourth-order valence-corrected chi connectivity index (χ4v) is 2.36. The Morgan fingerprint density at radius 1 is 1.29 bits per heavy atom. The molecule has 0 radical (unpaired) electrons. The third-order valence-electron chi connectivity index (χ3n) is 2.55. The van der Waals surface area contributed by atoms with Crippen LogP contribution < -0.4 is 0 Å². The highest BCUT2D eigenvalue weighted by Gasteiger charge is 2.10. The van der Waals surface area contributed by atoms with Crippen molar-refractivity contribution in [2.24, 2.45) is 0 Å². The third kappa shape index (κ3) is 5.21. The molecule has 94 valence electrons. The molecule has 0 N–H and O–H groups in total. The number of amides is 1. The van der Waals surface area contributed by atoms with Gasteiger partial charge in [-0.2, -0.15) is 0 Å². The van der Waals surface area contributed by atoms with Crippen LogP contribution in [-0.2, 0) is 0 Å². The van der Waals surface area contributed by atoms with Gasteiger partial charge in [0.1, 0.15) is 0 Å². The molecule has 0 saturated carbocycles. The lowest BCUT2D eigenvalue weighted by atomic mass is 10.2. The zero-order valence-corrected chi connectivity index (χ0v) is 13.1. The van der Waals surface area contributed by atoms with E-state index in [1.54, 1.807) is 4.90 Å². The topological polar surface area (TPSA) is 20.3 Å². The Morgan fingerprint density at radius 2 is 2.06 bits per heavy atom. The molecule has 0 atom stereocenters. The van der Waals surface area contributed by atoms with Crippen LogP contribution in [0.3, 0.4) is 0 Å². The van der Waals surface area contributed by atoms with Gasteiger partial charge in [-0.1, -0.05) is 44.3 Å². The van der Waals surface area contributed by atoms with E-state index in [1.165, 1.54) is 6.42 Å². The zero-order chi connectivity index (χ0) is 12.7. The van der Waals surface area contributed by atoms with E-state index in [0.717, 1.165) is 34.8 Å². The summed E-state index contributed by atoms with van der Waals surface area (Å²) in [5.41, 5.74) is 0.738. The van der Waals surface area contributed by atoms with Gasteiger partial charge in [-0.05, 0) is 31.0 Å². The van der Waals surface area contributed by atoms with Crippen molar-refractivity contribution in [3.63, 3.8) is 0 Å². The average molecular weight is 363 g/mol. The fraction of sp³-hybridized carbons (Fsp3) is 0.462. The van der Waals surface area contributed by atoms with Crippen LogP contribution in [0.1, 0.15) is 29.6 Å². The van der Waals surface area contributed by atoms with Crippen LogP contribution in [0.15, 0.2) is 28.7 Å². The molecule has 1 aromatic carbocycles. The van der Waals surface area contributed by atoms with Crippen LogP contribution >= 0.6 is 31.9 Å². The lowest BCUT2D eigenvalue weighted by Gasteiger charge is -2.17. The van der Waals surface area contributed by atoms with Crippen molar-refractivity contribution in [1.29, 1.82) is 0 Å². The molecule has 4 heteroatoms. The van der Waals surface area contributed by atoms with Crippen LogP contribution in [0.5, 0.6) is 0 Å². The number of nitrogens with zero attached hydrogens (tertiary/aromatic N) is 1. The van der Waals surface area contributed by atoms with Gasteiger partial charge in [0, 0.05) is 29.0 Å². The standard InChI is InChI=1S/C13H17Br2NO/c1-16(9-4-2-3-8-14)13(17)11-6-5-7-12(15)10-11/h5-7,10H,2-4,8-9H2,1H3. The van der Waals surface area contributed by atoms with Gasteiger partial charge in [0.25, 0.3) is 5.91 Å². The minimum atomic E-state index is 0.0881. The second-order valence-corrected chi connectivity index (χ2v) is 5.70. The summed E-state index contributed by atoms with van der Waals surface area (Å²) in [4.78, 5) is 13.8. The van der Waals surface area contributed by atoms with Gasteiger partial charge in [0.2, 0.25) is 0 Å². The number of halogens is 2. The first-order valence-electron chi connectivity index (χ1n) is 5.72. The molecule has 0 unspecified atom stereocenters. The molecule has 0 aliphatic rings. The van der Waals surface area contributed by atoms with Crippen LogP contribution in [-0.4, -0.2) is 29.7 Å². The molecule has 0 saturated heterocycles. The number of unbranched alkanes of at least 4 members (excludes halogenated alkanes) is 2. The first-order chi connectivity index (χ1) is 8.15. The number of carbonyl (C=O) groups is 1. The largest absolute Gasteiger partial charge is 0.342 e. The van der Waals surface area contributed by atoms with Crippen LogP contribution in [0.4, 0.5) is 0 Å². The van der Waals surface area contributed by atoms with Gasteiger partial charge in [-0.15, -0.1) is 0 Å². The van der Waals surface area contributed by atoms with Gasteiger partial charge in [0.15, 0.2) is 0 Å². The van der Waals surface area contributed by atoms with Gasteiger partial charge in [-0.25, -0.2) is 0 Å². The van der Waals surface area contributed by atoms with Gasteiger partial charge in [0.05, 0.1) is 0 Å². The van der Waals surface area contributed by atoms with Crippen molar-refractivity contribution in [1.82, 2.24) is 4.90 Å². The number of alkyl halides is 1. The molecule has 0 aliphatic heterocycles. The Bertz CT molecular complexity index is 368. The van der Waals surface area contributed by atoms with E-state index in [0.29, 0.717) is 0 Å². The predicted octanol–water partition coefficient (Wildman–Crippen LogP) is 4.09. The number of rotatable bonds is 6. The maximum atomic E-state index is 12.1. The van der Waals surface area contributed by atoms with Crippen molar-refractivity contribution >= 4 is 37.8 Å². The molecular weight excluding hydrogens is 346 g/mol. The molecule has 1 aromatic rings. The summed E-state index contributed by atoms with van der Waals surface area (Å²) in [6, 6.07) is 7.52. The van der Waals surface area contributed by atoms with Crippen molar-refractivity contribution in [3.8, 4) is 0 Å². The molecule has 2 nitrogen and oxygen atoms in total. The van der Waals surface area contributed by atoms with Crippen LogP contribution in [0, 0.1) is 0 Å². The minimum Gasteiger partial charge on any atom is -0.342 e. The lowest BCUT2D eigenvalue weighted by molar-refractivity contribution is 0.0792. The Labute approximate surface area is 120 Å². The third-order valence-corrected chi connectivity index (χ3v) is 3.60. The molecule has 1 amide bonds. The summed E-state index contributed by atoms with van der Waals surface area (Å²) in [6.07, 6.45) is 3.38. The van der Waals surface area contributed by atoms with E-state index in [-0.39, 0.29) is 5.91 Å². The molecule has 17 heavy (non-hydrogen) atoms. The fourth-order valence-electron chi connectivity index (χ4n) is 1.56. The molecule has 0 bridgehead atoms. The van der Waals surface area contributed by atoms with Crippen LogP contribution in [0.2, 0.25) is 0 Å². The molecule has 1 rings (SSSR count). The molecule has 0 aromatic heterocycles. The molecule has 0 heterocycles. The smallest absolute Gasteiger partial charge is 0.253 e. The highest BCUT2D eigenvalue weighted by Crippen LogP contribution is 2.13. The number of hydrogen-bond acceptors (Lipinski definition) is 1. The Hall–Kier alpha value is -0.350. The quantitative estimate of drug-likeness (QED) is 0.551. The van der Waals surface area contributed by atoms with E-state index < -0.39 is 0 Å². The van der Waals surface area contributed by atoms with Gasteiger partial charge in [-0.3, -0.25) is 4.79 Å². The monoisotopic (exact) mass is 361 g/mol. The summed E-state index contributed by atoms with van der Waals surface area (Å²) >= 11 is 6.78. The van der Waals surface area contributed by atoms with E-state index in [1.807, 2.05) is 31.3 Å². The molecule has 0 fully saturated rings. The van der Waals surface area contributed by atoms with E-state index in [2.05, 4.69) is 31.9 Å². The van der Waals surface area contributed by atoms with E-state index >= 15 is 0 Å². The van der Waals surface area contributed by atoms with Crippen molar-refractivity contribution in [2.75, 3.05) is 18.9 Å². The molecular formula is C13H17Br2NO. The summed E-state index contributed by atoms with van der Waals surface area (Å²) in [6.45, 7) is 0.818. The van der Waals surface area contributed by atoms with Gasteiger partial charge >= 0.3 is 0 Å². The minimum absolute atomic E-state index is 0.0881. The molecule has 0 spiro atoms. The summed E-state index contributed by atoms with van der Waals surface area (Å²) < 4.78 is 0.941. The van der Waals surface area contributed by atoms with E-state index in [4.69, 9.17) is 0 Å². The summed E-state index contributed by atoms with van der Waals surface area (Å²) in [5.74, 6) is 0.0881. The van der Waals surface area contributed by atoms with Crippen LogP contribution in [0.25, 0.3) is 0 Å². The normalized spacial score (nSPS) is 10.3. The van der Waals surface area contributed by atoms with Gasteiger partial charge < -0.3 is 4.90 Å². The molecule has 0 aliphatic carbocycles. The zero-order valence-electron chi connectivity index (χ0n) is 9.96. The lowest BCUT2D eigenvalue weighted by Crippen LogP contribution is -2.27. The van der Waals surface area contributed by atoms with Crippen molar-refractivity contribution in [3.05, 3.63) is 34.3 Å². The Morgan fingerprint density at radius 3 is 2.71 bits per heavy atom. The second kappa shape index (κ2) is 7.88. The maximum Gasteiger partial charge on any atom is 0.253 e. The first kappa shape index (κ1) is 14.7. The number of hydrogen-bond donors (Lipinski definition) is 0. The Kier molecular flexibility index (Phi) is 6.82. The SMILES string of the molecule is CN(CCCCCBr)C(=O)c1cccc(Br)c1. The number of benzene rings is 1. The first-order valence-corrected chi connectivity index (χ1v) is 7.63. The summed E-state index contributed by atoms with van der Waals surface area (Å²) in [5, 5.41) is 1.04. The summed E-state index contributed by atoms with van der Waals surface area (Å²) in [7, 11) is 1.86. The maximum absolute atomic E-state index is 12.1. The highest BCUT2D eigenvalue weighted by molar-refractivity contribution is 9.10. The Balaban J connectivity index is 2.46. The van der Waals surface area contributed by atoms with E-state index in [9.17, 15) is 4.79 Å². The second-order valence-electron chi connectivity index (χ2n) is 3.99. The highest BCUT2D eigenvalue weighted by atomic mass is 79.9. The van der Waals surface area contributed by atoms with Crippen molar-refractivity contribution < 1.29 is 4.79 Å². The number of carbonyl (C=O) groups excluding carboxylic acids is 1.